The minimum atomic E-state index is -0.0182. The maximum absolute atomic E-state index is 12.5. The number of hydrogen-bond donors (Lipinski definition) is 1. The lowest BCUT2D eigenvalue weighted by atomic mass is 10.2. The minimum Gasteiger partial charge on any atom is -0.396 e. The predicted octanol–water partition coefficient (Wildman–Crippen LogP) is 2.53. The van der Waals surface area contributed by atoms with Crippen molar-refractivity contribution in [2.45, 2.75) is 32.0 Å². The molecule has 1 aromatic heterocycles. The Hall–Kier alpha value is -1.33. The number of aliphatic hydroxyl groups excluding tert-OH is 1. The highest BCUT2D eigenvalue weighted by Crippen LogP contribution is 2.20. The van der Waals surface area contributed by atoms with Crippen LogP contribution in [0.2, 0.25) is 0 Å². The summed E-state index contributed by atoms with van der Waals surface area (Å²) in [7, 11) is 0. The van der Waals surface area contributed by atoms with E-state index in [4.69, 9.17) is 5.11 Å². The molecule has 0 aliphatic rings. The molecule has 5 heteroatoms. The van der Waals surface area contributed by atoms with E-state index in [1.54, 1.807) is 22.4 Å². The quantitative estimate of drug-likeness (QED) is 0.656. The lowest BCUT2D eigenvalue weighted by Gasteiger charge is -2.13. The summed E-state index contributed by atoms with van der Waals surface area (Å²) >= 11 is 1.60. The van der Waals surface area contributed by atoms with Crippen molar-refractivity contribution in [2.75, 3.05) is 12.4 Å². The van der Waals surface area contributed by atoms with Gasteiger partial charge in [-0.25, -0.2) is 4.98 Å². The standard InChI is InChI=1S/C15H20N2O2S/c1-11(2)10-20-15-16-13-7-4-3-6-12(13)14(19)17(15)8-5-9-18/h3-4,6-7,11,18H,5,8-10H2,1-2H3. The molecule has 0 atom stereocenters. The van der Waals surface area contributed by atoms with Crippen LogP contribution >= 0.6 is 11.8 Å². The molecule has 0 fully saturated rings. The number of hydrogen-bond acceptors (Lipinski definition) is 4. The van der Waals surface area contributed by atoms with E-state index in [9.17, 15) is 4.79 Å². The summed E-state index contributed by atoms with van der Waals surface area (Å²) in [5.41, 5.74) is 0.722. The summed E-state index contributed by atoms with van der Waals surface area (Å²) in [5.74, 6) is 1.46. The van der Waals surface area contributed by atoms with Gasteiger partial charge in [0.2, 0.25) is 0 Å². The monoisotopic (exact) mass is 292 g/mol. The van der Waals surface area contributed by atoms with Gasteiger partial charge in [-0.05, 0) is 24.5 Å². The van der Waals surface area contributed by atoms with E-state index in [2.05, 4.69) is 18.8 Å². The summed E-state index contributed by atoms with van der Waals surface area (Å²) in [6.07, 6.45) is 0.565. The second-order valence-electron chi connectivity index (χ2n) is 5.15. The number of para-hydroxylation sites is 1. The van der Waals surface area contributed by atoms with Gasteiger partial charge in [-0.3, -0.25) is 9.36 Å². The third-order valence-corrected chi connectivity index (χ3v) is 4.32. The van der Waals surface area contributed by atoms with Gasteiger partial charge < -0.3 is 5.11 Å². The number of nitrogens with zero attached hydrogens (tertiary/aromatic N) is 2. The fraction of sp³-hybridized carbons (Fsp3) is 0.467. The van der Waals surface area contributed by atoms with E-state index < -0.39 is 0 Å². The van der Waals surface area contributed by atoms with Gasteiger partial charge in [0, 0.05) is 18.9 Å². The molecule has 0 bridgehead atoms. The summed E-state index contributed by atoms with van der Waals surface area (Å²) in [6, 6.07) is 7.41. The fourth-order valence-corrected chi connectivity index (χ4v) is 2.90. The van der Waals surface area contributed by atoms with Crippen LogP contribution in [0.4, 0.5) is 0 Å². The number of thioether (sulfide) groups is 1. The van der Waals surface area contributed by atoms with Crippen LogP contribution in [-0.2, 0) is 6.54 Å². The van der Waals surface area contributed by atoms with Crippen LogP contribution in [0.25, 0.3) is 10.9 Å². The zero-order chi connectivity index (χ0) is 14.5. The molecule has 2 aromatic rings. The first-order valence-corrected chi connectivity index (χ1v) is 7.85. The highest BCUT2D eigenvalue weighted by atomic mass is 32.2. The number of rotatable bonds is 6. The smallest absolute Gasteiger partial charge is 0.262 e. The Morgan fingerprint density at radius 2 is 2.10 bits per heavy atom. The molecular formula is C15H20N2O2S. The van der Waals surface area contributed by atoms with Crippen LogP contribution in [-0.4, -0.2) is 27.0 Å². The van der Waals surface area contributed by atoms with Crippen molar-refractivity contribution in [3.05, 3.63) is 34.6 Å². The Labute approximate surface area is 122 Å². The SMILES string of the molecule is CC(C)CSc1nc2ccccc2c(=O)n1CCCO. The molecule has 108 valence electrons. The van der Waals surface area contributed by atoms with Gasteiger partial charge in [-0.2, -0.15) is 0 Å². The van der Waals surface area contributed by atoms with Crippen molar-refractivity contribution in [2.24, 2.45) is 5.92 Å². The van der Waals surface area contributed by atoms with E-state index in [0.717, 1.165) is 16.4 Å². The van der Waals surface area contributed by atoms with Gasteiger partial charge >= 0.3 is 0 Å². The van der Waals surface area contributed by atoms with Crippen molar-refractivity contribution < 1.29 is 5.11 Å². The minimum absolute atomic E-state index is 0.0182. The molecule has 0 aliphatic carbocycles. The third kappa shape index (κ3) is 3.41. The van der Waals surface area contributed by atoms with Crippen LogP contribution < -0.4 is 5.56 Å². The lowest BCUT2D eigenvalue weighted by molar-refractivity contribution is 0.276. The topological polar surface area (TPSA) is 55.1 Å². The van der Waals surface area contributed by atoms with Crippen molar-refractivity contribution in [1.29, 1.82) is 0 Å². The van der Waals surface area contributed by atoms with Crippen LogP contribution in [0, 0.1) is 5.92 Å². The second kappa shape index (κ2) is 6.90. The molecule has 0 spiro atoms. The molecule has 1 aromatic carbocycles. The Kier molecular flexibility index (Phi) is 5.20. The number of fused-ring (bicyclic) bond motifs is 1. The van der Waals surface area contributed by atoms with Gasteiger partial charge in [0.25, 0.3) is 5.56 Å². The Balaban J connectivity index is 2.48. The van der Waals surface area contributed by atoms with Gasteiger partial charge in [-0.1, -0.05) is 37.7 Å². The van der Waals surface area contributed by atoms with Crippen LogP contribution in [0.15, 0.2) is 34.2 Å². The van der Waals surface area contributed by atoms with Crippen molar-refractivity contribution in [1.82, 2.24) is 9.55 Å². The van der Waals surface area contributed by atoms with Crippen molar-refractivity contribution in [3.63, 3.8) is 0 Å². The van der Waals surface area contributed by atoms with Gasteiger partial charge in [0.1, 0.15) is 0 Å². The number of aromatic nitrogens is 2. The zero-order valence-electron chi connectivity index (χ0n) is 11.9. The number of aliphatic hydroxyl groups is 1. The fourth-order valence-electron chi connectivity index (χ4n) is 1.93. The van der Waals surface area contributed by atoms with Crippen LogP contribution in [0.3, 0.4) is 0 Å². The first kappa shape index (κ1) is 15.1. The molecule has 0 unspecified atom stereocenters. The molecule has 4 nitrogen and oxygen atoms in total. The van der Waals surface area contributed by atoms with Crippen LogP contribution in [0.1, 0.15) is 20.3 Å². The van der Waals surface area contributed by atoms with Crippen molar-refractivity contribution >= 4 is 22.7 Å². The molecule has 1 N–H and O–H groups in total. The Morgan fingerprint density at radius 1 is 1.35 bits per heavy atom. The van der Waals surface area contributed by atoms with Crippen LogP contribution in [0.5, 0.6) is 0 Å². The molecule has 1 heterocycles. The van der Waals surface area contributed by atoms with E-state index in [1.165, 1.54) is 0 Å². The van der Waals surface area contributed by atoms with E-state index >= 15 is 0 Å². The molecular weight excluding hydrogens is 272 g/mol. The van der Waals surface area contributed by atoms with Gasteiger partial charge in [0.05, 0.1) is 10.9 Å². The lowest BCUT2D eigenvalue weighted by Crippen LogP contribution is -2.24. The first-order valence-electron chi connectivity index (χ1n) is 6.86. The number of benzene rings is 1. The molecule has 0 amide bonds. The zero-order valence-corrected chi connectivity index (χ0v) is 12.7. The highest BCUT2D eigenvalue weighted by Gasteiger charge is 2.11. The molecule has 20 heavy (non-hydrogen) atoms. The van der Waals surface area contributed by atoms with E-state index in [0.29, 0.717) is 24.3 Å². The maximum Gasteiger partial charge on any atom is 0.262 e. The summed E-state index contributed by atoms with van der Waals surface area (Å²) in [6.45, 7) is 4.87. The Bertz CT molecular complexity index is 637. The van der Waals surface area contributed by atoms with E-state index in [-0.39, 0.29) is 12.2 Å². The Morgan fingerprint density at radius 3 is 2.80 bits per heavy atom. The normalized spacial score (nSPS) is 11.4. The molecule has 0 radical (unpaired) electrons. The largest absolute Gasteiger partial charge is 0.396 e. The molecule has 0 aliphatic heterocycles. The third-order valence-electron chi connectivity index (χ3n) is 2.91. The average Bonchev–Trinajstić information content (AvgIpc) is 2.44. The van der Waals surface area contributed by atoms with Gasteiger partial charge in [-0.15, -0.1) is 0 Å². The predicted molar refractivity (Wildman–Crippen MR) is 83.3 cm³/mol. The van der Waals surface area contributed by atoms with Gasteiger partial charge in [0.15, 0.2) is 5.16 Å². The maximum atomic E-state index is 12.5. The molecule has 0 saturated heterocycles. The summed E-state index contributed by atoms with van der Waals surface area (Å²) in [4.78, 5) is 17.1. The average molecular weight is 292 g/mol. The highest BCUT2D eigenvalue weighted by molar-refractivity contribution is 7.99. The second-order valence-corrected chi connectivity index (χ2v) is 6.14. The summed E-state index contributed by atoms with van der Waals surface area (Å²) in [5, 5.41) is 10.4. The van der Waals surface area contributed by atoms with E-state index in [1.807, 2.05) is 18.2 Å². The summed E-state index contributed by atoms with van der Waals surface area (Å²) < 4.78 is 1.69. The molecule has 0 saturated carbocycles. The van der Waals surface area contributed by atoms with Crippen molar-refractivity contribution in [3.8, 4) is 0 Å². The first-order chi connectivity index (χ1) is 9.63. The molecule has 2 rings (SSSR count).